The average Bonchev–Trinajstić information content (AvgIpc) is 2.42. The fraction of sp³-hybridized carbons (Fsp3) is 0.950. The van der Waals surface area contributed by atoms with Gasteiger partial charge in [-0.2, -0.15) is 6.92 Å². The summed E-state index contributed by atoms with van der Waals surface area (Å²) in [6.45, 7) is 23.5. The first-order valence-corrected chi connectivity index (χ1v) is 8.97. The van der Waals surface area contributed by atoms with Gasteiger partial charge in [-0.05, 0) is 35.5 Å². The summed E-state index contributed by atoms with van der Waals surface area (Å²) in [5.74, 6) is 1.94. The molecule has 0 amide bonds. The molecule has 2 unspecified atom stereocenters. The quantitative estimate of drug-likeness (QED) is 0.468. The number of hydrogen-bond acceptors (Lipinski definition) is 0. The fourth-order valence-electron chi connectivity index (χ4n) is 3.53. The zero-order chi connectivity index (χ0) is 16.4. The molecule has 1 heteroatoms. The minimum Gasteiger partial charge on any atom is -0.346 e. The molecule has 0 bridgehead atoms. The molecule has 0 saturated heterocycles. The van der Waals surface area contributed by atoms with E-state index in [2.05, 4.69) is 48.5 Å². The van der Waals surface area contributed by atoms with Crippen molar-refractivity contribution in [1.29, 1.82) is 0 Å². The van der Waals surface area contributed by atoms with Crippen LogP contribution in [0.4, 0.5) is 0 Å². The van der Waals surface area contributed by atoms with Crippen molar-refractivity contribution in [3.05, 3.63) is 6.92 Å². The van der Waals surface area contributed by atoms with Crippen molar-refractivity contribution in [3.8, 4) is 0 Å². The Balaban J connectivity index is -0.000000595. The second kappa shape index (κ2) is 13.1. The Hall–Kier alpha value is 0.584. The second-order valence-corrected chi connectivity index (χ2v) is 7.76. The van der Waals surface area contributed by atoms with Gasteiger partial charge in [-0.3, -0.25) is 0 Å². The molecular formula is C20H43V-. The van der Waals surface area contributed by atoms with Gasteiger partial charge in [-0.25, -0.2) is 0 Å². The molecule has 1 aliphatic carbocycles. The van der Waals surface area contributed by atoms with Crippen molar-refractivity contribution in [2.75, 3.05) is 0 Å². The standard InChI is InChI=1S/C16H32.C2H6.C2H5.V/c1-7-16(5,6)14-11-9-8-10-13(14)12-15(2,3)4;2*1-2;/h13-14H,7-12H2,1-6H3;1-2H3;1H2,2H3;/q;;-1;. The first-order valence-electron chi connectivity index (χ1n) is 8.97. The molecular weight excluding hydrogens is 291 g/mol. The molecule has 0 aromatic rings. The average molecular weight is 335 g/mol. The molecule has 0 heterocycles. The smallest absolute Gasteiger partial charge is 0 e. The van der Waals surface area contributed by atoms with Gasteiger partial charge in [0.2, 0.25) is 0 Å². The monoisotopic (exact) mass is 334 g/mol. The van der Waals surface area contributed by atoms with E-state index in [-0.39, 0.29) is 18.6 Å². The largest absolute Gasteiger partial charge is 0.346 e. The van der Waals surface area contributed by atoms with Gasteiger partial charge >= 0.3 is 0 Å². The normalized spacial score (nSPS) is 22.0. The maximum atomic E-state index is 3.25. The van der Waals surface area contributed by atoms with Crippen molar-refractivity contribution < 1.29 is 18.6 Å². The van der Waals surface area contributed by atoms with E-state index < -0.39 is 0 Å². The topological polar surface area (TPSA) is 0 Å². The summed E-state index contributed by atoms with van der Waals surface area (Å²) >= 11 is 0. The molecule has 21 heavy (non-hydrogen) atoms. The van der Waals surface area contributed by atoms with Crippen LogP contribution in [0.2, 0.25) is 0 Å². The van der Waals surface area contributed by atoms with Crippen LogP contribution >= 0.6 is 0 Å². The van der Waals surface area contributed by atoms with Gasteiger partial charge in [0.05, 0.1) is 0 Å². The Bertz CT molecular complexity index is 212. The molecule has 1 rings (SSSR count). The Kier molecular flexibility index (Phi) is 16.5. The van der Waals surface area contributed by atoms with Crippen LogP contribution < -0.4 is 0 Å². The summed E-state index contributed by atoms with van der Waals surface area (Å²) in [5.41, 5.74) is 1.06. The van der Waals surface area contributed by atoms with Crippen molar-refractivity contribution >= 4 is 0 Å². The van der Waals surface area contributed by atoms with Crippen molar-refractivity contribution in [1.82, 2.24) is 0 Å². The molecule has 1 radical (unpaired) electrons. The Morgan fingerprint density at radius 2 is 1.33 bits per heavy atom. The Morgan fingerprint density at radius 3 is 1.71 bits per heavy atom. The summed E-state index contributed by atoms with van der Waals surface area (Å²) in [5, 5.41) is 0. The Morgan fingerprint density at radius 1 is 0.905 bits per heavy atom. The van der Waals surface area contributed by atoms with E-state index in [4.69, 9.17) is 0 Å². The third-order valence-electron chi connectivity index (χ3n) is 4.70. The van der Waals surface area contributed by atoms with E-state index in [1.54, 1.807) is 6.92 Å². The van der Waals surface area contributed by atoms with Gasteiger partial charge in [0.15, 0.2) is 0 Å². The van der Waals surface area contributed by atoms with Gasteiger partial charge in [-0.15, -0.1) is 0 Å². The van der Waals surface area contributed by atoms with E-state index in [0.29, 0.717) is 10.8 Å². The third kappa shape index (κ3) is 10.9. The summed E-state index contributed by atoms with van der Waals surface area (Å²) in [7, 11) is 0. The Labute approximate surface area is 149 Å². The molecule has 1 saturated carbocycles. The maximum absolute atomic E-state index is 3.25. The maximum Gasteiger partial charge on any atom is 0 e. The summed E-state index contributed by atoms with van der Waals surface area (Å²) in [6.07, 6.45) is 8.64. The molecule has 0 spiro atoms. The van der Waals surface area contributed by atoms with Crippen LogP contribution in [0.15, 0.2) is 0 Å². The molecule has 0 aliphatic heterocycles. The van der Waals surface area contributed by atoms with Crippen molar-refractivity contribution in [2.45, 2.75) is 101 Å². The molecule has 0 aromatic heterocycles. The van der Waals surface area contributed by atoms with Gasteiger partial charge < -0.3 is 6.92 Å². The van der Waals surface area contributed by atoms with Crippen LogP contribution in [0.1, 0.15) is 101 Å². The van der Waals surface area contributed by atoms with Gasteiger partial charge in [0.1, 0.15) is 0 Å². The zero-order valence-corrected chi connectivity index (χ0v) is 17.9. The minimum atomic E-state index is 0. The molecule has 0 aromatic carbocycles. The molecule has 129 valence electrons. The zero-order valence-electron chi connectivity index (χ0n) is 16.6. The van der Waals surface area contributed by atoms with Gasteiger partial charge in [0.25, 0.3) is 0 Å². The van der Waals surface area contributed by atoms with Gasteiger partial charge in [-0.1, -0.05) is 81.1 Å². The van der Waals surface area contributed by atoms with Crippen LogP contribution in [0.3, 0.4) is 0 Å². The third-order valence-corrected chi connectivity index (χ3v) is 4.70. The van der Waals surface area contributed by atoms with Gasteiger partial charge in [0, 0.05) is 18.6 Å². The van der Waals surface area contributed by atoms with E-state index in [9.17, 15) is 0 Å². The first kappa shape index (κ1) is 26.5. The number of rotatable bonds is 3. The summed E-state index contributed by atoms with van der Waals surface area (Å²) in [6, 6.07) is 0. The fourth-order valence-corrected chi connectivity index (χ4v) is 3.53. The van der Waals surface area contributed by atoms with Crippen LogP contribution in [-0.4, -0.2) is 0 Å². The van der Waals surface area contributed by atoms with Crippen molar-refractivity contribution in [3.63, 3.8) is 0 Å². The van der Waals surface area contributed by atoms with Crippen molar-refractivity contribution in [2.24, 2.45) is 22.7 Å². The second-order valence-electron chi connectivity index (χ2n) is 7.76. The number of hydrogen-bond donors (Lipinski definition) is 0. The molecule has 1 fully saturated rings. The molecule has 0 N–H and O–H groups in total. The van der Waals surface area contributed by atoms with Crippen LogP contribution in [0.5, 0.6) is 0 Å². The summed E-state index contributed by atoms with van der Waals surface area (Å²) < 4.78 is 0. The predicted molar refractivity (Wildman–Crippen MR) is 96.0 cm³/mol. The first-order chi connectivity index (χ1) is 9.26. The predicted octanol–water partition coefficient (Wildman–Crippen LogP) is 7.53. The molecule has 1 aliphatic rings. The SMILES string of the molecule is CC.CCC(C)(C)C1CCCCC1CC(C)(C)C.[CH2-]C.[V]. The minimum absolute atomic E-state index is 0. The van der Waals surface area contributed by atoms with E-state index in [1.165, 1.54) is 38.5 Å². The van der Waals surface area contributed by atoms with Crippen LogP contribution in [0, 0.1) is 29.6 Å². The molecule has 2 atom stereocenters. The van der Waals surface area contributed by atoms with Crippen LogP contribution in [0.25, 0.3) is 0 Å². The van der Waals surface area contributed by atoms with Crippen LogP contribution in [-0.2, 0) is 18.6 Å². The van der Waals surface area contributed by atoms with E-state index in [0.717, 1.165) is 11.8 Å². The summed E-state index contributed by atoms with van der Waals surface area (Å²) in [4.78, 5) is 0. The van der Waals surface area contributed by atoms with E-state index >= 15 is 0 Å². The van der Waals surface area contributed by atoms with E-state index in [1.807, 2.05) is 13.8 Å². The molecule has 0 nitrogen and oxygen atoms in total.